The van der Waals surface area contributed by atoms with Crippen LogP contribution in [0.4, 0.5) is 0 Å². The second-order valence-corrected chi connectivity index (χ2v) is 22.2. The van der Waals surface area contributed by atoms with Gasteiger partial charge in [-0.2, -0.15) is 0 Å². The van der Waals surface area contributed by atoms with Crippen LogP contribution in [0.1, 0.15) is 71.3 Å². The topological polar surface area (TPSA) is 310 Å². The Labute approximate surface area is 448 Å². The fourth-order valence-corrected chi connectivity index (χ4v) is 9.60. The third kappa shape index (κ3) is 13.9. The molecule has 0 aliphatic heterocycles. The summed E-state index contributed by atoms with van der Waals surface area (Å²) in [5.74, 6) is 3.37. The number of hydrogen-bond acceptors (Lipinski definition) is 20. The van der Waals surface area contributed by atoms with Gasteiger partial charge in [0, 0.05) is 60.7 Å². The van der Waals surface area contributed by atoms with Crippen molar-refractivity contribution in [3.63, 3.8) is 0 Å². The molecule has 8 aromatic rings. The lowest BCUT2D eigenvalue weighted by Gasteiger charge is -2.19. The zero-order valence-electron chi connectivity index (χ0n) is 43.3. The first kappa shape index (κ1) is 57.9. The minimum atomic E-state index is -3.93. The van der Waals surface area contributed by atoms with Gasteiger partial charge in [-0.15, -0.1) is 20.4 Å². The van der Waals surface area contributed by atoms with Crippen LogP contribution >= 0.6 is 15.9 Å². The van der Waals surface area contributed by atoms with E-state index in [4.69, 9.17) is 24.1 Å². The van der Waals surface area contributed by atoms with Crippen molar-refractivity contribution in [1.82, 2.24) is 59.4 Å². The molecule has 0 amide bonds. The van der Waals surface area contributed by atoms with Gasteiger partial charge in [0.2, 0.25) is 14.8 Å². The number of pyridine rings is 2. The van der Waals surface area contributed by atoms with E-state index in [1.165, 1.54) is 38.6 Å². The van der Waals surface area contributed by atoms with Crippen LogP contribution < -0.4 is 24.1 Å². The van der Waals surface area contributed by atoms with Gasteiger partial charge >= 0.3 is 0 Å². The Hall–Kier alpha value is -7.36. The molecule has 8 rings (SSSR count). The summed E-state index contributed by atoms with van der Waals surface area (Å²) in [6.45, 7) is 10.4. The normalized spacial score (nSPS) is 13.0. The van der Waals surface area contributed by atoms with Crippen molar-refractivity contribution in [1.29, 1.82) is 0 Å². The monoisotopic (exact) mass is 1140 g/mol. The first-order valence-electron chi connectivity index (χ1n) is 23.1. The third-order valence-corrected chi connectivity index (χ3v) is 15.5. The quantitative estimate of drug-likeness (QED) is 0.0975. The van der Waals surface area contributed by atoms with E-state index in [0.29, 0.717) is 50.5 Å². The third-order valence-electron chi connectivity index (χ3n) is 11.6. The Balaban J connectivity index is 0.000000208. The molecule has 0 aliphatic rings. The molecule has 4 N–H and O–H groups in total. The van der Waals surface area contributed by atoms with Gasteiger partial charge in [-0.1, -0.05) is 12.1 Å². The maximum atomic E-state index is 13.5. The molecule has 2 aromatic carbocycles. The molecule has 0 fully saturated rings. The molecule has 0 bridgehead atoms. The zero-order valence-corrected chi connectivity index (χ0v) is 46.5. The summed E-state index contributed by atoms with van der Waals surface area (Å²) in [5, 5.41) is 40.0. The molecule has 402 valence electrons. The van der Waals surface area contributed by atoms with Gasteiger partial charge in [0.25, 0.3) is 0 Å². The van der Waals surface area contributed by atoms with Crippen molar-refractivity contribution in [3.05, 3.63) is 148 Å². The summed E-state index contributed by atoms with van der Waals surface area (Å²) in [6.07, 6.45) is 10.3. The fraction of sp³-hybridized carbons (Fsp3) is 0.320. The van der Waals surface area contributed by atoms with Gasteiger partial charge in [-0.25, -0.2) is 41.9 Å². The van der Waals surface area contributed by atoms with Gasteiger partial charge in [0.05, 0.1) is 45.8 Å². The van der Waals surface area contributed by atoms with Crippen LogP contribution in [0, 0.1) is 27.7 Å². The molecule has 26 heteroatoms. The van der Waals surface area contributed by atoms with Gasteiger partial charge in [-0.3, -0.25) is 14.5 Å². The molecule has 4 atom stereocenters. The van der Waals surface area contributed by atoms with Crippen molar-refractivity contribution in [2.75, 3.05) is 28.4 Å². The van der Waals surface area contributed by atoms with Gasteiger partial charge < -0.3 is 33.7 Å². The summed E-state index contributed by atoms with van der Waals surface area (Å²) in [6, 6.07) is 14.9. The Kier molecular flexibility index (Phi) is 19.4. The van der Waals surface area contributed by atoms with Crippen molar-refractivity contribution in [2.45, 2.75) is 76.5 Å². The number of sulfone groups is 1. The molecule has 23 nitrogen and oxygen atoms in total. The Morgan fingerprint density at radius 2 is 1.03 bits per heavy atom. The molecule has 0 unspecified atom stereocenters. The van der Waals surface area contributed by atoms with E-state index >= 15 is 0 Å². The summed E-state index contributed by atoms with van der Waals surface area (Å²) in [7, 11) is -1.38. The fourth-order valence-electron chi connectivity index (χ4n) is 7.34. The van der Waals surface area contributed by atoms with E-state index in [0.717, 1.165) is 33.5 Å². The molecular weight excluding hydrogens is 1090 g/mol. The Morgan fingerprint density at radius 1 is 0.592 bits per heavy atom. The molecule has 0 radical (unpaired) electrons. The average molecular weight is 1150 g/mol. The molecule has 0 saturated carbocycles. The number of rotatable bonds is 17. The van der Waals surface area contributed by atoms with Crippen LogP contribution in [0.3, 0.4) is 0 Å². The molecule has 76 heavy (non-hydrogen) atoms. The van der Waals surface area contributed by atoms with Crippen LogP contribution in [0.25, 0.3) is 28.5 Å². The number of hydrogen-bond donors (Lipinski definition) is 3. The number of sulfonamides is 1. The minimum Gasteiger partial charge on any atom is -0.496 e. The summed E-state index contributed by atoms with van der Waals surface area (Å²) in [5.41, 5.74) is 6.54. The highest BCUT2D eigenvalue weighted by Crippen LogP contribution is 2.38. The molecular formula is C50H58BrN13O10S2. The van der Waals surface area contributed by atoms with E-state index in [1.54, 1.807) is 89.8 Å². The largest absolute Gasteiger partial charge is 0.496 e. The van der Waals surface area contributed by atoms with Crippen molar-refractivity contribution in [3.8, 4) is 51.5 Å². The highest BCUT2D eigenvalue weighted by molar-refractivity contribution is 9.10. The van der Waals surface area contributed by atoms with E-state index in [1.807, 2.05) is 48.7 Å². The average Bonchev–Trinajstić information content (AvgIpc) is 4.00. The SMILES string of the molecule is COc1cccc(OC)c1-n1c(Br)nnc1-c1cncc(C)c1.COc1cccc(OC)c1Cn1c(CS(=O)(=O)[C@@H](C)[C@H](O)c2ncc(C)cn2)nnc1-c1cncc(C)c1.Cc1cnc([C@@H](O)[C@H](C)S(N)(=O)=O)nc1. The first-order valence-corrected chi connectivity index (χ1v) is 27.2. The van der Waals surface area contributed by atoms with Crippen molar-refractivity contribution in [2.24, 2.45) is 5.14 Å². The standard InChI is InChI=1S/C26H30N6O5S.C16H15BrN4O2.C8H13N3O3S/c1-16-9-19(13-27-10-16)26-31-30-23(32(26)14-20-21(36-4)7-6-8-22(20)37-5)15-38(34,35)18(3)24(33)25-28-11-17(2)12-29-25;1-10-7-11(9-18-8-10)15-19-20-16(17)21(15)14-12(22-2)5-4-6-13(14)23-3;1-5-3-10-8(11-4-5)7(12)6(2)15(9,13)14/h6-13,18,24,33H,14-15H2,1-5H3;4-9H,1-3H3;3-4,6-7,12H,1-2H3,(H2,9,13,14)/t18-,24-;;6-,7-/m0.0/s1. The van der Waals surface area contributed by atoms with Crippen LogP contribution in [-0.2, 0) is 32.2 Å². The van der Waals surface area contributed by atoms with Crippen molar-refractivity contribution < 1.29 is 46.0 Å². The number of aliphatic hydroxyl groups is 2. The zero-order chi connectivity index (χ0) is 55.5. The van der Waals surface area contributed by atoms with Crippen LogP contribution in [0.5, 0.6) is 23.0 Å². The van der Waals surface area contributed by atoms with Crippen molar-refractivity contribution >= 4 is 35.8 Å². The summed E-state index contributed by atoms with van der Waals surface area (Å²) >= 11 is 3.45. The lowest BCUT2D eigenvalue weighted by molar-refractivity contribution is 0.165. The summed E-state index contributed by atoms with van der Waals surface area (Å²) < 4.78 is 75.1. The number of nitrogens with two attached hydrogens (primary N) is 1. The van der Waals surface area contributed by atoms with Gasteiger partial charge in [0.1, 0.15) is 57.7 Å². The van der Waals surface area contributed by atoms with Crippen LogP contribution in [0.2, 0.25) is 0 Å². The highest BCUT2D eigenvalue weighted by Gasteiger charge is 2.34. The lowest BCUT2D eigenvalue weighted by atomic mass is 10.1. The second kappa shape index (κ2) is 25.5. The predicted molar refractivity (Wildman–Crippen MR) is 285 cm³/mol. The van der Waals surface area contributed by atoms with Crippen LogP contribution in [0.15, 0.2) is 103 Å². The number of aliphatic hydroxyl groups excluding tert-OH is 2. The number of aryl methyl sites for hydroxylation is 4. The first-order chi connectivity index (χ1) is 36.1. The van der Waals surface area contributed by atoms with E-state index in [9.17, 15) is 27.0 Å². The number of halogens is 1. The number of aromatic nitrogens is 12. The number of primary sulfonamides is 1. The minimum absolute atomic E-state index is 0.0402. The molecule has 6 aromatic heterocycles. The predicted octanol–water partition coefficient (Wildman–Crippen LogP) is 5.76. The lowest BCUT2D eigenvalue weighted by Crippen LogP contribution is -2.32. The Morgan fingerprint density at radius 3 is 1.47 bits per heavy atom. The smallest absolute Gasteiger partial charge is 0.214 e. The number of para-hydroxylation sites is 1. The maximum Gasteiger partial charge on any atom is 0.214 e. The second-order valence-electron chi connectivity index (χ2n) is 17.2. The molecule has 0 aliphatic carbocycles. The maximum absolute atomic E-state index is 13.5. The van der Waals surface area contributed by atoms with E-state index in [2.05, 4.69) is 66.2 Å². The van der Waals surface area contributed by atoms with E-state index < -0.39 is 48.3 Å². The number of methoxy groups -OCH3 is 4. The van der Waals surface area contributed by atoms with Gasteiger partial charge in [0.15, 0.2) is 33.1 Å². The number of nitrogens with zero attached hydrogens (tertiary/aromatic N) is 12. The highest BCUT2D eigenvalue weighted by atomic mass is 79.9. The summed E-state index contributed by atoms with van der Waals surface area (Å²) in [4.78, 5) is 24.3. The van der Waals surface area contributed by atoms with Crippen LogP contribution in [-0.4, -0.2) is 125 Å². The Bertz CT molecular complexity index is 3430. The van der Waals surface area contributed by atoms with Gasteiger partial charge in [-0.05, 0) is 116 Å². The number of ether oxygens (including phenoxy) is 4. The molecule has 6 heterocycles. The number of benzene rings is 2. The van der Waals surface area contributed by atoms with E-state index in [-0.39, 0.29) is 24.0 Å². The molecule has 0 spiro atoms. The molecule has 0 saturated heterocycles.